The van der Waals surface area contributed by atoms with Crippen LogP contribution in [0.15, 0.2) is 95.2 Å². The summed E-state index contributed by atoms with van der Waals surface area (Å²) in [7, 11) is 5.21. The molecule has 2 N–H and O–H groups in total. The molecule has 1 saturated heterocycles. The molecule has 0 radical (unpaired) electrons. The van der Waals surface area contributed by atoms with Crippen LogP contribution in [0.1, 0.15) is 124 Å². The predicted octanol–water partition coefficient (Wildman–Crippen LogP) is 9.67. The van der Waals surface area contributed by atoms with E-state index in [-0.39, 0.29) is 91.0 Å². The fourth-order valence-corrected chi connectivity index (χ4v) is 12.1. The summed E-state index contributed by atoms with van der Waals surface area (Å²) in [5.41, 5.74) is 7.44. The van der Waals surface area contributed by atoms with Crippen molar-refractivity contribution >= 4 is 87.3 Å². The minimum atomic E-state index is -0.746. The summed E-state index contributed by atoms with van der Waals surface area (Å²) < 4.78 is 23.8. The highest BCUT2D eigenvalue weighted by Crippen LogP contribution is 2.42. The maximum absolute atomic E-state index is 14.2. The molecule has 19 heteroatoms. The largest absolute Gasteiger partial charge is 0.493 e. The molecule has 0 bridgehead atoms. The summed E-state index contributed by atoms with van der Waals surface area (Å²) in [6.45, 7) is 11.8. The number of aliphatic imine (C=N–C) groups is 2. The first-order chi connectivity index (χ1) is 41.5. The molecule has 2 fully saturated rings. The number of ketones is 3. The van der Waals surface area contributed by atoms with Crippen molar-refractivity contribution in [3.8, 4) is 23.0 Å². The molecule has 452 valence electrons. The summed E-state index contributed by atoms with van der Waals surface area (Å²) >= 11 is 0. The van der Waals surface area contributed by atoms with Crippen molar-refractivity contribution in [3.63, 3.8) is 0 Å². The average molecular weight is 1170 g/mol. The third-order valence-electron chi connectivity index (χ3n) is 17.3. The van der Waals surface area contributed by atoms with Gasteiger partial charge in [-0.2, -0.15) is 0 Å². The van der Waals surface area contributed by atoms with Gasteiger partial charge in [0.2, 0.25) is 11.8 Å². The molecule has 86 heavy (non-hydrogen) atoms. The Hall–Kier alpha value is -8.45. The number of Topliss-reactive ketones (excluding diaryl/α,β-unsaturated/α-hetero) is 3. The second-order valence-electron chi connectivity index (χ2n) is 23.8. The maximum atomic E-state index is 14.2. The number of hydrogen-bond donors (Lipinski definition) is 2. The smallest absolute Gasteiger partial charge is 0.260 e. The fourth-order valence-electron chi connectivity index (χ4n) is 12.1. The first-order valence-electron chi connectivity index (χ1n) is 30.1. The Morgan fingerprint density at radius 2 is 1.21 bits per heavy atom. The molecule has 10 rings (SSSR count). The Labute approximate surface area is 502 Å². The van der Waals surface area contributed by atoms with Gasteiger partial charge in [-0.1, -0.05) is 64.8 Å². The third kappa shape index (κ3) is 13.6. The second-order valence-corrected chi connectivity index (χ2v) is 23.8. The van der Waals surface area contributed by atoms with E-state index in [1.54, 1.807) is 73.4 Å². The van der Waals surface area contributed by atoms with Gasteiger partial charge in [-0.3, -0.25) is 43.5 Å². The number of rotatable bonds is 24. The van der Waals surface area contributed by atoms with Crippen molar-refractivity contribution in [2.45, 2.75) is 110 Å². The Kier molecular flexibility index (Phi) is 18.9. The molecule has 0 aromatic heterocycles. The van der Waals surface area contributed by atoms with Gasteiger partial charge in [-0.05, 0) is 84.5 Å². The molecular formula is C67H78N8O11. The van der Waals surface area contributed by atoms with Crippen LogP contribution in [0.2, 0.25) is 0 Å². The van der Waals surface area contributed by atoms with Crippen molar-refractivity contribution < 1.29 is 52.5 Å². The summed E-state index contributed by atoms with van der Waals surface area (Å²) in [5.74, 6) is -1.09. The number of nitrogens with zero attached hydrogens (tertiary/aromatic N) is 6. The molecule has 5 heterocycles. The first-order valence-corrected chi connectivity index (χ1v) is 30.1. The number of methoxy groups -OCH3 is 2. The quantitative estimate of drug-likeness (QED) is 0.0494. The highest BCUT2D eigenvalue weighted by molar-refractivity contribution is 6.10. The van der Waals surface area contributed by atoms with Gasteiger partial charge in [0.25, 0.3) is 11.8 Å². The SMILES string of the molecule is COc1cc2c(cc1OCCCOc1cc3c(cc1OC)C(=O)N1C=C(c4ccc(N5CCN(C)CC5)cc4)C[C@H]1C=N3)N=C[C@@H]1CC(c3ccc(NC(=O)[C@H](C)CC(=O)C(NC(=O)CCCCCC4C(=O)CC(C)C4=O)C(C)C)cc3)=CN1C2=O. The summed E-state index contributed by atoms with van der Waals surface area (Å²) in [4.78, 5) is 110. The Morgan fingerprint density at radius 3 is 1.72 bits per heavy atom. The topological polar surface area (TPSA) is 218 Å². The predicted molar refractivity (Wildman–Crippen MR) is 330 cm³/mol. The van der Waals surface area contributed by atoms with E-state index in [1.165, 1.54) is 12.8 Å². The van der Waals surface area contributed by atoms with Crippen LogP contribution in [0.25, 0.3) is 11.1 Å². The van der Waals surface area contributed by atoms with E-state index in [2.05, 4.69) is 51.7 Å². The van der Waals surface area contributed by atoms with Crippen LogP contribution in [0, 0.1) is 23.7 Å². The van der Waals surface area contributed by atoms with E-state index >= 15 is 0 Å². The highest BCUT2D eigenvalue weighted by Gasteiger charge is 2.39. The van der Waals surface area contributed by atoms with Crippen molar-refractivity contribution in [2.75, 3.05) is 70.9 Å². The van der Waals surface area contributed by atoms with Gasteiger partial charge >= 0.3 is 0 Å². The standard InChI is InChI=1S/C67H78N8O11/c1-40(2)63(71-62(78)13-10-8-9-12-51-56(76)28-41(3)64(51)79)57(77)29-42(4)65(80)70-47-18-14-43(15-19-47)45-30-49-36-68-54-34-60(58(83-6)32-52(54)66(81)74(49)38-45)85-26-11-27-86-61-35-55-53(33-59(61)84-7)67(82)75-39-46(31-50(75)37-69-55)44-16-20-48(21-17-44)73-24-22-72(5)23-25-73/h14-21,32-42,49-51,63H,8-13,22-31H2,1-7H3,(H,70,80)(H,71,78)/t41?,42-,49+,50+,51?,63?/m1/s1. The summed E-state index contributed by atoms with van der Waals surface area (Å²) in [6.07, 6.45) is 11.9. The van der Waals surface area contributed by atoms with Crippen molar-refractivity contribution in [2.24, 2.45) is 33.7 Å². The van der Waals surface area contributed by atoms with Gasteiger partial charge in [0.15, 0.2) is 28.8 Å². The van der Waals surface area contributed by atoms with Gasteiger partial charge in [0.05, 0.1) is 74.0 Å². The van der Waals surface area contributed by atoms with Crippen LogP contribution in [0.3, 0.4) is 0 Å². The van der Waals surface area contributed by atoms with Crippen LogP contribution in [0.4, 0.5) is 22.7 Å². The van der Waals surface area contributed by atoms with Crippen molar-refractivity contribution in [1.29, 1.82) is 0 Å². The van der Waals surface area contributed by atoms with Crippen molar-refractivity contribution in [3.05, 3.63) is 107 Å². The Balaban J connectivity index is 0.680. The van der Waals surface area contributed by atoms with Gasteiger partial charge in [0, 0.05) is 125 Å². The zero-order chi connectivity index (χ0) is 60.8. The number of ether oxygens (including phenoxy) is 4. The number of piperazine rings is 1. The van der Waals surface area contributed by atoms with Crippen LogP contribution in [-0.4, -0.2) is 147 Å². The molecule has 1 aliphatic carbocycles. The normalized spacial score (nSPS) is 20.5. The molecule has 5 aliphatic heterocycles. The molecule has 19 nitrogen and oxygen atoms in total. The van der Waals surface area contributed by atoms with Gasteiger partial charge in [-0.15, -0.1) is 0 Å². The molecule has 6 aliphatic rings. The lowest BCUT2D eigenvalue weighted by Gasteiger charge is -2.34. The van der Waals surface area contributed by atoms with E-state index in [0.717, 1.165) is 48.5 Å². The Bertz CT molecular complexity index is 3380. The number of carbonyl (C=O) groups excluding carboxylic acids is 7. The number of likely N-dealkylation sites (N-methyl/N-ethyl adjacent to an activating group) is 1. The molecular weight excluding hydrogens is 1090 g/mol. The number of unbranched alkanes of at least 4 members (excludes halogenated alkanes) is 2. The minimum Gasteiger partial charge on any atom is -0.493 e. The number of amides is 4. The van der Waals surface area contributed by atoms with Crippen LogP contribution in [-0.2, 0) is 24.0 Å². The summed E-state index contributed by atoms with van der Waals surface area (Å²) in [5, 5.41) is 5.79. The molecule has 6 atom stereocenters. The summed E-state index contributed by atoms with van der Waals surface area (Å²) in [6, 6.07) is 21.4. The third-order valence-corrected chi connectivity index (χ3v) is 17.3. The number of hydrogen-bond acceptors (Lipinski definition) is 15. The number of carbonyl (C=O) groups is 7. The van der Waals surface area contributed by atoms with Gasteiger partial charge < -0.3 is 49.2 Å². The van der Waals surface area contributed by atoms with Gasteiger partial charge in [-0.25, -0.2) is 0 Å². The lowest BCUT2D eigenvalue weighted by molar-refractivity contribution is -0.131. The van der Waals surface area contributed by atoms with Crippen LogP contribution >= 0.6 is 0 Å². The lowest BCUT2D eigenvalue weighted by Crippen LogP contribution is -2.45. The van der Waals surface area contributed by atoms with E-state index in [0.29, 0.717) is 103 Å². The second kappa shape index (κ2) is 26.9. The molecule has 4 amide bonds. The molecule has 0 spiro atoms. The zero-order valence-electron chi connectivity index (χ0n) is 50.3. The lowest BCUT2D eigenvalue weighted by atomic mass is 9.92. The van der Waals surface area contributed by atoms with Crippen LogP contribution < -0.4 is 34.5 Å². The zero-order valence-corrected chi connectivity index (χ0v) is 50.3. The van der Waals surface area contributed by atoms with Crippen LogP contribution in [0.5, 0.6) is 23.0 Å². The number of fused-ring (bicyclic) bond motifs is 4. The van der Waals surface area contributed by atoms with Crippen molar-refractivity contribution in [1.82, 2.24) is 20.0 Å². The number of nitrogens with one attached hydrogen (secondary N) is 2. The number of benzene rings is 4. The average Bonchev–Trinajstić information content (AvgIpc) is 2.13. The van der Waals surface area contributed by atoms with E-state index < -0.39 is 17.9 Å². The molecule has 3 unspecified atom stereocenters. The maximum Gasteiger partial charge on any atom is 0.260 e. The number of anilines is 2. The first kappa shape index (κ1) is 60.7. The van der Waals surface area contributed by atoms with Gasteiger partial charge in [0.1, 0.15) is 11.6 Å². The minimum absolute atomic E-state index is 0.0144. The van der Waals surface area contributed by atoms with E-state index in [9.17, 15) is 33.6 Å². The Morgan fingerprint density at radius 1 is 0.663 bits per heavy atom. The molecule has 4 aromatic rings. The monoisotopic (exact) mass is 1170 g/mol. The van der Waals surface area contributed by atoms with E-state index in [4.69, 9.17) is 28.9 Å². The molecule has 1 saturated carbocycles. The fraction of sp³-hybridized carbons (Fsp3) is 0.448. The molecule has 4 aromatic carbocycles. The van der Waals surface area contributed by atoms with E-state index in [1.807, 2.05) is 44.6 Å². The highest BCUT2D eigenvalue weighted by atomic mass is 16.5.